The van der Waals surface area contributed by atoms with Gasteiger partial charge in [-0.15, -0.1) is 0 Å². The van der Waals surface area contributed by atoms with E-state index in [0.717, 1.165) is 18.1 Å². The van der Waals surface area contributed by atoms with Gasteiger partial charge in [0, 0.05) is 23.7 Å². The van der Waals surface area contributed by atoms with Gasteiger partial charge < -0.3 is 5.32 Å². The quantitative estimate of drug-likeness (QED) is 0.793. The van der Waals surface area contributed by atoms with E-state index >= 15 is 0 Å². The van der Waals surface area contributed by atoms with Crippen molar-refractivity contribution in [2.75, 3.05) is 7.05 Å². The third-order valence-electron chi connectivity index (χ3n) is 5.69. The summed E-state index contributed by atoms with van der Waals surface area (Å²) in [5.41, 5.74) is 0.550. The van der Waals surface area contributed by atoms with Crippen molar-refractivity contribution in [2.24, 2.45) is 0 Å². The molecule has 2 heteroatoms. The van der Waals surface area contributed by atoms with Gasteiger partial charge in [0.25, 0.3) is 0 Å². The number of piperidine rings is 2. The van der Waals surface area contributed by atoms with E-state index in [1.807, 2.05) is 0 Å². The van der Waals surface area contributed by atoms with Crippen molar-refractivity contribution in [2.45, 2.75) is 88.4 Å². The summed E-state index contributed by atoms with van der Waals surface area (Å²) in [6, 6.07) is 2.54. The Labute approximate surface area is 106 Å². The van der Waals surface area contributed by atoms with Crippen LogP contribution in [0.4, 0.5) is 0 Å². The number of hydrogen-bond donors (Lipinski definition) is 1. The number of rotatable bonds is 2. The van der Waals surface area contributed by atoms with Crippen molar-refractivity contribution in [3.8, 4) is 0 Å². The topological polar surface area (TPSA) is 15.3 Å². The molecule has 0 aromatic rings. The molecule has 17 heavy (non-hydrogen) atoms. The third-order valence-corrected chi connectivity index (χ3v) is 5.69. The number of fused-ring (bicyclic) bond motifs is 2. The normalized spacial score (nSPS) is 41.6. The molecule has 2 atom stereocenters. The molecule has 0 radical (unpaired) electrons. The van der Waals surface area contributed by atoms with Crippen LogP contribution in [0.15, 0.2) is 0 Å². The summed E-state index contributed by atoms with van der Waals surface area (Å²) in [5.74, 6) is 0. The van der Waals surface area contributed by atoms with Crippen LogP contribution >= 0.6 is 0 Å². The number of nitrogens with one attached hydrogen (secondary N) is 1. The maximum atomic E-state index is 3.53. The SMILES string of the molecule is CNC1CC2CCCC(C1)N2C1(C)CCCC1. The van der Waals surface area contributed by atoms with E-state index in [1.165, 1.54) is 57.8 Å². The van der Waals surface area contributed by atoms with E-state index < -0.39 is 0 Å². The molecule has 2 nitrogen and oxygen atoms in total. The van der Waals surface area contributed by atoms with E-state index in [1.54, 1.807) is 0 Å². The van der Waals surface area contributed by atoms with Gasteiger partial charge in [0.05, 0.1) is 0 Å². The van der Waals surface area contributed by atoms with Gasteiger partial charge in [0.15, 0.2) is 0 Å². The molecule has 98 valence electrons. The minimum atomic E-state index is 0.550. The molecule has 1 aliphatic carbocycles. The summed E-state index contributed by atoms with van der Waals surface area (Å²) >= 11 is 0. The van der Waals surface area contributed by atoms with Crippen LogP contribution in [0.25, 0.3) is 0 Å². The van der Waals surface area contributed by atoms with Crippen molar-refractivity contribution in [3.63, 3.8) is 0 Å². The summed E-state index contributed by atoms with van der Waals surface area (Å²) in [5, 5.41) is 3.53. The third kappa shape index (κ3) is 2.04. The Bertz CT molecular complexity index is 256. The van der Waals surface area contributed by atoms with Gasteiger partial charge in [-0.05, 0) is 52.5 Å². The molecule has 2 aliphatic heterocycles. The van der Waals surface area contributed by atoms with Crippen molar-refractivity contribution in [3.05, 3.63) is 0 Å². The summed E-state index contributed by atoms with van der Waals surface area (Å²) < 4.78 is 0. The van der Waals surface area contributed by atoms with Gasteiger partial charge in [-0.25, -0.2) is 0 Å². The first-order valence-electron chi connectivity index (χ1n) is 7.69. The highest BCUT2D eigenvalue weighted by Gasteiger charge is 2.47. The van der Waals surface area contributed by atoms with Crippen LogP contribution < -0.4 is 5.32 Å². The maximum absolute atomic E-state index is 3.53. The van der Waals surface area contributed by atoms with Gasteiger partial charge in [-0.1, -0.05) is 19.3 Å². The van der Waals surface area contributed by atoms with Crippen LogP contribution in [0.3, 0.4) is 0 Å². The Kier molecular flexibility index (Phi) is 3.20. The average Bonchev–Trinajstić information content (AvgIpc) is 2.75. The van der Waals surface area contributed by atoms with Crippen molar-refractivity contribution < 1.29 is 0 Å². The number of hydrogen-bond acceptors (Lipinski definition) is 2. The fraction of sp³-hybridized carbons (Fsp3) is 1.00. The second-order valence-electron chi connectivity index (χ2n) is 6.81. The minimum absolute atomic E-state index is 0.550. The molecule has 3 rings (SSSR count). The predicted octanol–water partition coefficient (Wildman–Crippen LogP) is 2.92. The van der Waals surface area contributed by atoms with Gasteiger partial charge in [-0.2, -0.15) is 0 Å². The molecular weight excluding hydrogens is 208 g/mol. The molecule has 0 aromatic carbocycles. The fourth-order valence-electron chi connectivity index (χ4n) is 4.89. The molecule has 3 fully saturated rings. The zero-order chi connectivity index (χ0) is 11.9. The fourth-order valence-corrected chi connectivity index (χ4v) is 4.89. The lowest BCUT2D eigenvalue weighted by Crippen LogP contribution is -2.62. The molecule has 2 heterocycles. The van der Waals surface area contributed by atoms with Gasteiger partial charge in [0.2, 0.25) is 0 Å². The highest BCUT2D eigenvalue weighted by Crippen LogP contribution is 2.45. The van der Waals surface area contributed by atoms with Gasteiger partial charge in [-0.3, -0.25) is 4.90 Å². The zero-order valence-electron chi connectivity index (χ0n) is 11.5. The van der Waals surface area contributed by atoms with Crippen LogP contribution in [0.2, 0.25) is 0 Å². The van der Waals surface area contributed by atoms with E-state index in [-0.39, 0.29) is 0 Å². The lowest BCUT2D eigenvalue weighted by molar-refractivity contribution is -0.0524. The Morgan fingerprint density at radius 2 is 1.59 bits per heavy atom. The minimum Gasteiger partial charge on any atom is -0.317 e. The van der Waals surface area contributed by atoms with E-state index in [2.05, 4.69) is 24.2 Å². The first kappa shape index (κ1) is 12.0. The Morgan fingerprint density at radius 3 is 2.12 bits per heavy atom. The largest absolute Gasteiger partial charge is 0.317 e. The first-order chi connectivity index (χ1) is 8.23. The van der Waals surface area contributed by atoms with E-state index in [9.17, 15) is 0 Å². The van der Waals surface area contributed by atoms with Crippen LogP contribution in [0.1, 0.15) is 64.7 Å². The maximum Gasteiger partial charge on any atom is 0.0187 e. The summed E-state index contributed by atoms with van der Waals surface area (Å²) in [6.45, 7) is 2.55. The van der Waals surface area contributed by atoms with Crippen molar-refractivity contribution in [1.29, 1.82) is 0 Å². The standard InChI is InChI=1S/C15H28N2/c1-15(8-3-4-9-15)17-13-6-5-7-14(17)11-12(10-13)16-2/h12-14,16H,3-11H2,1-2H3. The second-order valence-corrected chi connectivity index (χ2v) is 6.81. The van der Waals surface area contributed by atoms with Crippen LogP contribution in [0.5, 0.6) is 0 Å². The van der Waals surface area contributed by atoms with E-state index in [4.69, 9.17) is 0 Å². The van der Waals surface area contributed by atoms with E-state index in [0.29, 0.717) is 5.54 Å². The predicted molar refractivity (Wildman–Crippen MR) is 72.2 cm³/mol. The Balaban J connectivity index is 1.80. The van der Waals surface area contributed by atoms with Gasteiger partial charge in [0.1, 0.15) is 0 Å². The lowest BCUT2D eigenvalue weighted by Gasteiger charge is -2.56. The highest BCUT2D eigenvalue weighted by atomic mass is 15.3. The Morgan fingerprint density at radius 1 is 1.00 bits per heavy atom. The molecule has 0 amide bonds. The van der Waals surface area contributed by atoms with Gasteiger partial charge >= 0.3 is 0 Å². The summed E-state index contributed by atoms with van der Waals surface area (Å²) in [4.78, 5) is 2.97. The van der Waals surface area contributed by atoms with Crippen molar-refractivity contribution in [1.82, 2.24) is 10.2 Å². The summed E-state index contributed by atoms with van der Waals surface area (Å²) in [6.07, 6.45) is 13.0. The highest BCUT2D eigenvalue weighted by molar-refractivity contribution is 5.03. The molecule has 2 unspecified atom stereocenters. The second kappa shape index (κ2) is 4.55. The molecule has 2 saturated heterocycles. The molecule has 3 aliphatic rings. The number of nitrogens with zero attached hydrogens (tertiary/aromatic N) is 1. The summed E-state index contributed by atoms with van der Waals surface area (Å²) in [7, 11) is 2.15. The molecule has 2 bridgehead atoms. The average molecular weight is 236 g/mol. The monoisotopic (exact) mass is 236 g/mol. The van der Waals surface area contributed by atoms with Crippen molar-refractivity contribution >= 4 is 0 Å². The molecule has 0 aromatic heterocycles. The molecule has 0 spiro atoms. The molecule has 1 N–H and O–H groups in total. The smallest absolute Gasteiger partial charge is 0.0187 e. The van der Waals surface area contributed by atoms with Crippen LogP contribution in [-0.2, 0) is 0 Å². The van der Waals surface area contributed by atoms with Crippen LogP contribution in [0, 0.1) is 0 Å². The Hall–Kier alpha value is -0.0800. The first-order valence-corrected chi connectivity index (χ1v) is 7.69. The molecular formula is C15H28N2. The zero-order valence-corrected chi connectivity index (χ0v) is 11.5. The molecule has 1 saturated carbocycles. The lowest BCUT2D eigenvalue weighted by atomic mass is 9.77. The van der Waals surface area contributed by atoms with Crippen LogP contribution in [-0.4, -0.2) is 35.6 Å².